The van der Waals surface area contributed by atoms with Gasteiger partial charge in [-0.1, -0.05) is 12.1 Å². The minimum absolute atomic E-state index is 0.0489. The first-order valence-corrected chi connectivity index (χ1v) is 6.94. The van der Waals surface area contributed by atoms with Crippen molar-refractivity contribution in [1.82, 2.24) is 5.32 Å². The van der Waals surface area contributed by atoms with Gasteiger partial charge < -0.3 is 16.8 Å². The average Bonchev–Trinajstić information content (AvgIpc) is 2.42. The van der Waals surface area contributed by atoms with Crippen LogP contribution < -0.4 is 16.8 Å². The van der Waals surface area contributed by atoms with Crippen LogP contribution in [0.5, 0.6) is 0 Å². The first-order valence-electron chi connectivity index (χ1n) is 6.94. The molecule has 1 saturated carbocycles. The van der Waals surface area contributed by atoms with E-state index in [9.17, 15) is 9.59 Å². The first-order chi connectivity index (χ1) is 9.49. The van der Waals surface area contributed by atoms with E-state index in [2.05, 4.69) is 5.32 Å². The van der Waals surface area contributed by atoms with Crippen LogP contribution in [0.1, 0.15) is 41.6 Å². The van der Waals surface area contributed by atoms with Gasteiger partial charge in [-0.3, -0.25) is 9.59 Å². The van der Waals surface area contributed by atoms with Crippen molar-refractivity contribution in [2.24, 2.45) is 11.7 Å². The molecule has 1 aliphatic carbocycles. The second-order valence-corrected chi connectivity index (χ2v) is 5.46. The first kappa shape index (κ1) is 14.4. The molecule has 0 saturated heterocycles. The molecule has 0 radical (unpaired) electrons. The molecule has 5 nitrogen and oxygen atoms in total. The number of hydrogen-bond acceptors (Lipinski definition) is 3. The monoisotopic (exact) mass is 275 g/mol. The third-order valence-electron chi connectivity index (χ3n) is 4.03. The SMILES string of the molecule is Cc1cccc(C(=O)NC2CCC(C(N)=O)CC2)c1N. The fourth-order valence-corrected chi connectivity index (χ4v) is 2.66. The van der Waals surface area contributed by atoms with Gasteiger partial charge in [0, 0.05) is 17.6 Å². The summed E-state index contributed by atoms with van der Waals surface area (Å²) in [6.07, 6.45) is 3.04. The third kappa shape index (κ3) is 3.10. The number of para-hydroxylation sites is 1. The molecule has 0 atom stereocenters. The fourth-order valence-electron chi connectivity index (χ4n) is 2.66. The lowest BCUT2D eigenvalue weighted by molar-refractivity contribution is -0.122. The lowest BCUT2D eigenvalue weighted by Crippen LogP contribution is -2.40. The van der Waals surface area contributed by atoms with Gasteiger partial charge in [0.05, 0.1) is 5.56 Å². The number of carbonyl (C=O) groups is 2. The lowest BCUT2D eigenvalue weighted by atomic mass is 9.85. The van der Waals surface area contributed by atoms with Crippen molar-refractivity contribution in [2.45, 2.75) is 38.6 Å². The van der Waals surface area contributed by atoms with Crippen molar-refractivity contribution in [3.05, 3.63) is 29.3 Å². The number of nitrogens with one attached hydrogen (secondary N) is 1. The Labute approximate surface area is 118 Å². The van der Waals surface area contributed by atoms with E-state index in [0.29, 0.717) is 11.3 Å². The maximum Gasteiger partial charge on any atom is 0.253 e. The molecule has 1 aromatic carbocycles. The zero-order valence-corrected chi connectivity index (χ0v) is 11.7. The summed E-state index contributed by atoms with van der Waals surface area (Å²) in [5.74, 6) is -0.432. The van der Waals surface area contributed by atoms with Gasteiger partial charge in [0.25, 0.3) is 5.91 Å². The van der Waals surface area contributed by atoms with E-state index in [0.717, 1.165) is 31.2 Å². The van der Waals surface area contributed by atoms with E-state index in [1.54, 1.807) is 6.07 Å². The number of rotatable bonds is 3. The summed E-state index contributed by atoms with van der Waals surface area (Å²) in [6.45, 7) is 1.88. The molecule has 5 N–H and O–H groups in total. The number of anilines is 1. The highest BCUT2D eigenvalue weighted by molar-refractivity contribution is 5.99. The average molecular weight is 275 g/mol. The number of carbonyl (C=O) groups excluding carboxylic acids is 2. The molecular formula is C15H21N3O2. The Morgan fingerprint density at radius 3 is 2.45 bits per heavy atom. The topological polar surface area (TPSA) is 98.2 Å². The third-order valence-corrected chi connectivity index (χ3v) is 4.03. The second kappa shape index (κ2) is 5.94. The smallest absolute Gasteiger partial charge is 0.253 e. The summed E-state index contributed by atoms with van der Waals surface area (Å²) in [4.78, 5) is 23.3. The van der Waals surface area contributed by atoms with Crippen molar-refractivity contribution >= 4 is 17.5 Å². The maximum atomic E-state index is 12.2. The largest absolute Gasteiger partial charge is 0.398 e. The van der Waals surface area contributed by atoms with Crippen LogP contribution in [0.3, 0.4) is 0 Å². The summed E-state index contributed by atoms with van der Waals surface area (Å²) in [7, 11) is 0. The van der Waals surface area contributed by atoms with E-state index in [4.69, 9.17) is 11.5 Å². The van der Waals surface area contributed by atoms with E-state index in [1.165, 1.54) is 0 Å². The lowest BCUT2D eigenvalue weighted by Gasteiger charge is -2.27. The molecule has 1 aliphatic rings. The molecule has 0 aromatic heterocycles. The number of hydrogen-bond donors (Lipinski definition) is 3. The van der Waals surface area contributed by atoms with Crippen molar-refractivity contribution in [2.75, 3.05) is 5.73 Å². The molecule has 1 fully saturated rings. The Hall–Kier alpha value is -2.04. The van der Waals surface area contributed by atoms with Gasteiger partial charge in [-0.05, 0) is 44.2 Å². The fraction of sp³-hybridized carbons (Fsp3) is 0.467. The number of nitrogens with two attached hydrogens (primary N) is 2. The van der Waals surface area contributed by atoms with Crippen LogP contribution in [-0.2, 0) is 4.79 Å². The molecule has 0 heterocycles. The molecule has 20 heavy (non-hydrogen) atoms. The molecule has 1 aromatic rings. The number of nitrogen functional groups attached to an aromatic ring is 1. The molecule has 108 valence electrons. The number of primary amides is 1. The summed E-state index contributed by atoms with van der Waals surface area (Å²) in [5, 5.41) is 2.99. The van der Waals surface area contributed by atoms with Crippen molar-refractivity contribution in [3.63, 3.8) is 0 Å². The number of amides is 2. The van der Waals surface area contributed by atoms with Gasteiger partial charge in [-0.25, -0.2) is 0 Å². The minimum Gasteiger partial charge on any atom is -0.398 e. The van der Waals surface area contributed by atoms with Gasteiger partial charge >= 0.3 is 0 Å². The highest BCUT2D eigenvalue weighted by atomic mass is 16.2. The zero-order chi connectivity index (χ0) is 14.7. The predicted molar refractivity (Wildman–Crippen MR) is 78.0 cm³/mol. The van der Waals surface area contributed by atoms with Crippen molar-refractivity contribution in [3.8, 4) is 0 Å². The predicted octanol–water partition coefficient (Wildman–Crippen LogP) is 1.35. The highest BCUT2D eigenvalue weighted by Gasteiger charge is 2.26. The molecule has 0 unspecified atom stereocenters. The molecule has 2 amide bonds. The molecule has 5 heteroatoms. The van der Waals surface area contributed by atoms with Crippen molar-refractivity contribution in [1.29, 1.82) is 0 Å². The normalized spacial score (nSPS) is 22.2. The molecule has 0 bridgehead atoms. The van der Waals surface area contributed by atoms with Gasteiger partial charge in [-0.2, -0.15) is 0 Å². The van der Waals surface area contributed by atoms with Gasteiger partial charge in [0.1, 0.15) is 0 Å². The van der Waals surface area contributed by atoms with E-state index < -0.39 is 0 Å². The standard InChI is InChI=1S/C15H21N3O2/c1-9-3-2-4-12(13(9)16)15(20)18-11-7-5-10(6-8-11)14(17)19/h2-4,10-11H,5-8,16H2,1H3,(H2,17,19)(H,18,20). The summed E-state index contributed by atoms with van der Waals surface area (Å²) in [5.41, 5.74) is 13.2. The molecular weight excluding hydrogens is 254 g/mol. The van der Waals surface area contributed by atoms with Crippen LogP contribution >= 0.6 is 0 Å². The quantitative estimate of drug-likeness (QED) is 0.726. The van der Waals surface area contributed by atoms with Crippen LogP contribution in [0.15, 0.2) is 18.2 Å². The van der Waals surface area contributed by atoms with Gasteiger partial charge in [-0.15, -0.1) is 0 Å². The Morgan fingerprint density at radius 2 is 1.85 bits per heavy atom. The van der Waals surface area contributed by atoms with Gasteiger partial charge in [0.2, 0.25) is 5.91 Å². The molecule has 0 aliphatic heterocycles. The Bertz CT molecular complexity index is 520. The molecule has 0 spiro atoms. The summed E-state index contributed by atoms with van der Waals surface area (Å²) in [6, 6.07) is 5.53. The van der Waals surface area contributed by atoms with Gasteiger partial charge in [0.15, 0.2) is 0 Å². The minimum atomic E-state index is -0.238. The van der Waals surface area contributed by atoms with E-state index in [-0.39, 0.29) is 23.8 Å². The second-order valence-electron chi connectivity index (χ2n) is 5.46. The van der Waals surface area contributed by atoms with Crippen LogP contribution in [0.2, 0.25) is 0 Å². The van der Waals surface area contributed by atoms with Crippen LogP contribution in [0, 0.1) is 12.8 Å². The van der Waals surface area contributed by atoms with Crippen LogP contribution in [0.25, 0.3) is 0 Å². The van der Waals surface area contributed by atoms with Crippen LogP contribution in [-0.4, -0.2) is 17.9 Å². The maximum absolute atomic E-state index is 12.2. The van der Waals surface area contributed by atoms with Crippen LogP contribution in [0.4, 0.5) is 5.69 Å². The highest BCUT2D eigenvalue weighted by Crippen LogP contribution is 2.24. The van der Waals surface area contributed by atoms with E-state index >= 15 is 0 Å². The zero-order valence-electron chi connectivity index (χ0n) is 11.7. The van der Waals surface area contributed by atoms with Crippen molar-refractivity contribution < 1.29 is 9.59 Å². The number of benzene rings is 1. The summed E-state index contributed by atoms with van der Waals surface area (Å²) >= 11 is 0. The Morgan fingerprint density at radius 1 is 1.20 bits per heavy atom. The Kier molecular flexibility index (Phi) is 4.27. The summed E-state index contributed by atoms with van der Waals surface area (Å²) < 4.78 is 0. The Balaban J connectivity index is 1.96. The van der Waals surface area contributed by atoms with E-state index in [1.807, 2.05) is 19.1 Å². The molecule has 2 rings (SSSR count). The number of aryl methyl sites for hydroxylation is 1.